The Balaban J connectivity index is 1.50. The summed E-state index contributed by atoms with van der Waals surface area (Å²) in [4.78, 5) is 16.1. The van der Waals surface area contributed by atoms with E-state index in [9.17, 15) is 18.0 Å². The summed E-state index contributed by atoms with van der Waals surface area (Å²) in [6.07, 6.45) is -2.48. The van der Waals surface area contributed by atoms with Gasteiger partial charge in [-0.05, 0) is 35.9 Å². The number of rotatable bonds is 6. The molecule has 0 saturated heterocycles. The van der Waals surface area contributed by atoms with Gasteiger partial charge in [-0.25, -0.2) is 4.98 Å². The number of hydrogen-bond donors (Lipinski definition) is 1. The molecule has 29 heavy (non-hydrogen) atoms. The van der Waals surface area contributed by atoms with Gasteiger partial charge >= 0.3 is 6.18 Å². The van der Waals surface area contributed by atoms with E-state index in [4.69, 9.17) is 27.6 Å². The lowest BCUT2D eigenvalue weighted by atomic mass is 10.1. The molecule has 1 N–H and O–H groups in total. The summed E-state index contributed by atoms with van der Waals surface area (Å²) < 4.78 is 43.3. The van der Waals surface area contributed by atoms with E-state index in [1.807, 2.05) is 0 Å². The van der Waals surface area contributed by atoms with Crippen molar-refractivity contribution in [3.05, 3.63) is 75.7 Å². The average molecular weight is 443 g/mol. The van der Waals surface area contributed by atoms with Crippen LogP contribution in [0.25, 0.3) is 11.3 Å². The van der Waals surface area contributed by atoms with Crippen molar-refractivity contribution in [3.63, 3.8) is 0 Å². The summed E-state index contributed by atoms with van der Waals surface area (Å²) in [6, 6.07) is 9.62. The number of oxazole rings is 1. The van der Waals surface area contributed by atoms with Crippen molar-refractivity contribution in [1.29, 1.82) is 0 Å². The largest absolute Gasteiger partial charge is 0.441 e. The monoisotopic (exact) mass is 442 g/mol. The van der Waals surface area contributed by atoms with Gasteiger partial charge in [-0.15, -0.1) is 0 Å². The topological polar surface area (TPSA) is 55.1 Å². The van der Waals surface area contributed by atoms with E-state index in [1.54, 1.807) is 18.2 Å². The molecule has 0 aliphatic carbocycles. The highest BCUT2D eigenvalue weighted by Gasteiger charge is 2.29. The van der Waals surface area contributed by atoms with Crippen LogP contribution in [0.1, 0.15) is 23.4 Å². The Morgan fingerprint density at radius 1 is 1.10 bits per heavy atom. The van der Waals surface area contributed by atoms with E-state index in [1.165, 1.54) is 18.3 Å². The number of halogens is 5. The zero-order valence-corrected chi connectivity index (χ0v) is 16.4. The van der Waals surface area contributed by atoms with Gasteiger partial charge in [0, 0.05) is 30.0 Å². The lowest BCUT2D eigenvalue weighted by Crippen LogP contribution is -2.23. The van der Waals surface area contributed by atoms with Crippen molar-refractivity contribution in [1.82, 2.24) is 10.3 Å². The molecule has 1 amide bonds. The number of alkyl halides is 3. The number of amides is 1. The van der Waals surface area contributed by atoms with Crippen LogP contribution in [0.3, 0.4) is 0 Å². The Morgan fingerprint density at radius 2 is 1.83 bits per heavy atom. The third kappa shape index (κ3) is 5.74. The van der Waals surface area contributed by atoms with Crippen molar-refractivity contribution in [3.8, 4) is 11.3 Å². The molecule has 0 radical (unpaired) electrons. The first-order chi connectivity index (χ1) is 13.7. The summed E-state index contributed by atoms with van der Waals surface area (Å²) in [7, 11) is 0. The second-order valence-electron chi connectivity index (χ2n) is 6.21. The Hall–Kier alpha value is -2.51. The van der Waals surface area contributed by atoms with Gasteiger partial charge < -0.3 is 9.73 Å². The summed E-state index contributed by atoms with van der Waals surface area (Å²) in [5, 5.41) is 3.58. The number of aromatic nitrogens is 1. The van der Waals surface area contributed by atoms with Crippen LogP contribution in [0.4, 0.5) is 13.2 Å². The first-order valence-electron chi connectivity index (χ1n) is 8.55. The normalized spacial score (nSPS) is 11.5. The van der Waals surface area contributed by atoms with E-state index in [0.717, 1.165) is 12.1 Å². The first kappa shape index (κ1) is 21.2. The number of nitrogens with one attached hydrogen (secondary N) is 1. The minimum atomic E-state index is -4.38. The van der Waals surface area contributed by atoms with Gasteiger partial charge in [0.05, 0.1) is 16.8 Å². The fourth-order valence-corrected chi connectivity index (χ4v) is 3.06. The minimum Gasteiger partial charge on any atom is -0.441 e. The molecule has 3 aromatic rings. The second-order valence-corrected chi connectivity index (χ2v) is 7.06. The fraction of sp³-hybridized carbons (Fsp3) is 0.200. The number of aryl methyl sites for hydroxylation is 1. The van der Waals surface area contributed by atoms with Crippen LogP contribution >= 0.6 is 23.2 Å². The smallest absolute Gasteiger partial charge is 0.416 e. The number of nitrogens with zero attached hydrogens (tertiary/aromatic N) is 1. The van der Waals surface area contributed by atoms with Crippen LogP contribution in [0, 0.1) is 0 Å². The van der Waals surface area contributed by atoms with Crippen LogP contribution in [0.5, 0.6) is 0 Å². The molecule has 152 valence electrons. The second kappa shape index (κ2) is 8.88. The predicted molar refractivity (Wildman–Crippen MR) is 104 cm³/mol. The molecule has 1 aromatic heterocycles. The number of carbonyl (C=O) groups excluding carboxylic acids is 1. The number of carbonyl (C=O) groups is 1. The van der Waals surface area contributed by atoms with Gasteiger partial charge in [0.25, 0.3) is 0 Å². The summed E-state index contributed by atoms with van der Waals surface area (Å²) in [6.45, 7) is 0.133. The zero-order chi connectivity index (χ0) is 21.0. The molecule has 0 unspecified atom stereocenters. The molecule has 1 heterocycles. The third-order valence-corrected chi connectivity index (χ3v) is 4.63. The maximum atomic E-state index is 12.5. The van der Waals surface area contributed by atoms with Gasteiger partial charge in [-0.2, -0.15) is 13.2 Å². The molecule has 0 bridgehead atoms. The van der Waals surface area contributed by atoms with Crippen molar-refractivity contribution < 1.29 is 22.4 Å². The summed E-state index contributed by atoms with van der Waals surface area (Å²) in [5.74, 6) is 0.566. The van der Waals surface area contributed by atoms with E-state index >= 15 is 0 Å². The summed E-state index contributed by atoms with van der Waals surface area (Å²) in [5.41, 5.74) is 0.483. The Labute approximate surface area is 174 Å². The first-order valence-corrected chi connectivity index (χ1v) is 9.31. The lowest BCUT2D eigenvalue weighted by molar-refractivity contribution is -0.137. The molecule has 2 aromatic carbocycles. The van der Waals surface area contributed by atoms with Gasteiger partial charge in [-0.3, -0.25) is 4.79 Å². The molecule has 0 atom stereocenters. The van der Waals surface area contributed by atoms with E-state index in [2.05, 4.69) is 10.3 Å². The van der Waals surface area contributed by atoms with Crippen molar-refractivity contribution >= 4 is 29.1 Å². The predicted octanol–water partition coefficient (Wildman–Crippen LogP) is 5.92. The molecule has 0 aliphatic rings. The highest BCUT2D eigenvalue weighted by molar-refractivity contribution is 6.36. The fourth-order valence-electron chi connectivity index (χ4n) is 2.56. The molecule has 9 heteroatoms. The van der Waals surface area contributed by atoms with Crippen molar-refractivity contribution in [2.45, 2.75) is 25.6 Å². The highest BCUT2D eigenvalue weighted by Crippen LogP contribution is 2.31. The van der Waals surface area contributed by atoms with Gasteiger partial charge in [0.15, 0.2) is 11.7 Å². The van der Waals surface area contributed by atoms with Crippen LogP contribution in [-0.2, 0) is 23.9 Å². The molecule has 3 rings (SSSR count). The minimum absolute atomic E-state index is 0.120. The number of hydrogen-bond acceptors (Lipinski definition) is 3. The van der Waals surface area contributed by atoms with Crippen LogP contribution in [0.15, 0.2) is 53.1 Å². The van der Waals surface area contributed by atoms with Crippen molar-refractivity contribution in [2.24, 2.45) is 0 Å². The Bertz CT molecular complexity index is 1000. The molecular weight excluding hydrogens is 428 g/mol. The maximum Gasteiger partial charge on any atom is 0.416 e. The molecular formula is C20H15Cl2F3N2O2. The SMILES string of the molecule is O=C(CCc1ncc(-c2ccc(Cl)cc2Cl)o1)NCc1ccc(C(F)(F)F)cc1. The standard InChI is InChI=1S/C20H15Cl2F3N2O2/c21-14-5-6-15(16(22)9-14)17-11-27-19(29-17)8-7-18(28)26-10-12-1-3-13(4-2-12)20(23,24)25/h1-6,9,11H,7-8,10H2,(H,26,28). The van der Waals surface area contributed by atoms with Crippen molar-refractivity contribution in [2.75, 3.05) is 0 Å². The van der Waals surface area contributed by atoms with Crippen LogP contribution < -0.4 is 5.32 Å². The molecule has 0 aliphatic heterocycles. The summed E-state index contributed by atoms with van der Waals surface area (Å²) >= 11 is 12.0. The van der Waals surface area contributed by atoms with E-state index in [-0.39, 0.29) is 25.3 Å². The molecule has 0 saturated carbocycles. The molecule has 0 spiro atoms. The van der Waals surface area contributed by atoms with Gasteiger partial charge in [0.2, 0.25) is 5.91 Å². The Morgan fingerprint density at radius 3 is 2.48 bits per heavy atom. The van der Waals surface area contributed by atoms with Gasteiger partial charge in [-0.1, -0.05) is 35.3 Å². The van der Waals surface area contributed by atoms with Crippen LogP contribution in [0.2, 0.25) is 10.0 Å². The Kier molecular flexibility index (Phi) is 6.49. The number of benzene rings is 2. The maximum absolute atomic E-state index is 12.5. The molecule has 4 nitrogen and oxygen atoms in total. The molecule has 0 fully saturated rings. The van der Waals surface area contributed by atoms with E-state index in [0.29, 0.717) is 32.8 Å². The quantitative estimate of drug-likeness (QED) is 0.515. The lowest BCUT2D eigenvalue weighted by Gasteiger charge is -2.08. The zero-order valence-electron chi connectivity index (χ0n) is 14.9. The van der Waals surface area contributed by atoms with Crippen LogP contribution in [-0.4, -0.2) is 10.9 Å². The highest BCUT2D eigenvalue weighted by atomic mass is 35.5. The third-order valence-electron chi connectivity index (χ3n) is 4.09. The van der Waals surface area contributed by atoms with E-state index < -0.39 is 11.7 Å². The average Bonchev–Trinajstić information content (AvgIpc) is 3.13. The van der Waals surface area contributed by atoms with Gasteiger partial charge in [0.1, 0.15) is 0 Å².